The van der Waals surface area contributed by atoms with Gasteiger partial charge >= 0.3 is 0 Å². The van der Waals surface area contributed by atoms with E-state index in [0.29, 0.717) is 13.0 Å². The first-order valence-corrected chi connectivity index (χ1v) is 8.74. The van der Waals surface area contributed by atoms with Crippen molar-refractivity contribution in [2.75, 3.05) is 34.4 Å². The molecule has 2 amide bonds. The molecule has 3 rings (SSSR count). The van der Waals surface area contributed by atoms with Crippen LogP contribution in [-0.2, 0) is 14.3 Å². The monoisotopic (exact) mass is 346 g/mol. The van der Waals surface area contributed by atoms with Gasteiger partial charge in [0.1, 0.15) is 11.3 Å². The Labute approximate surface area is 148 Å². The molecule has 6 heteroatoms. The molecule has 25 heavy (non-hydrogen) atoms. The van der Waals surface area contributed by atoms with Crippen molar-refractivity contribution < 1.29 is 19.1 Å². The number of rotatable bonds is 6. The number of likely N-dealkylation sites (tertiary alicyclic amines) is 1. The number of ether oxygens (including phenoxy) is 2. The molecule has 1 saturated carbocycles. The normalized spacial score (nSPS) is 27.9. The average molecular weight is 346 g/mol. The first-order valence-electron chi connectivity index (χ1n) is 8.74. The fourth-order valence-electron chi connectivity index (χ4n) is 4.01. The first kappa shape index (κ1) is 17.7. The topological polar surface area (TPSA) is 67.9 Å². The quantitative estimate of drug-likeness (QED) is 0.849. The number of methoxy groups -OCH3 is 2. The number of nitrogens with one attached hydrogen (secondary N) is 1. The van der Waals surface area contributed by atoms with Gasteiger partial charge in [0.05, 0.1) is 13.7 Å². The number of hydrogen-bond donors (Lipinski definition) is 1. The molecule has 2 fully saturated rings. The Bertz CT molecular complexity index is 645. The fourth-order valence-corrected chi connectivity index (χ4v) is 4.01. The van der Waals surface area contributed by atoms with Gasteiger partial charge in [-0.1, -0.05) is 12.1 Å². The highest BCUT2D eigenvalue weighted by Crippen LogP contribution is 2.50. The van der Waals surface area contributed by atoms with Crippen molar-refractivity contribution in [3.63, 3.8) is 0 Å². The molecule has 1 aliphatic heterocycles. The SMILES string of the molecule is CNC(=O)C1(COC)CCCN1C(=O)[C@@H]1C[C@H]1c1ccc(OC)cc1. The number of hydrogen-bond acceptors (Lipinski definition) is 4. The molecular formula is C19H26N2O4. The third kappa shape index (κ3) is 3.11. The van der Waals surface area contributed by atoms with Crippen LogP contribution in [0.15, 0.2) is 24.3 Å². The summed E-state index contributed by atoms with van der Waals surface area (Å²) >= 11 is 0. The summed E-state index contributed by atoms with van der Waals surface area (Å²) in [5, 5.41) is 2.71. The number of carbonyl (C=O) groups excluding carboxylic acids is 2. The Kier molecular flexibility index (Phi) is 4.99. The lowest BCUT2D eigenvalue weighted by Gasteiger charge is -2.36. The van der Waals surface area contributed by atoms with E-state index in [4.69, 9.17) is 9.47 Å². The van der Waals surface area contributed by atoms with Crippen LogP contribution in [0.3, 0.4) is 0 Å². The highest BCUT2D eigenvalue weighted by Gasteiger charge is 2.54. The van der Waals surface area contributed by atoms with Crippen molar-refractivity contribution in [2.24, 2.45) is 5.92 Å². The second-order valence-corrected chi connectivity index (χ2v) is 6.86. The zero-order valence-electron chi connectivity index (χ0n) is 15.1. The molecule has 1 unspecified atom stereocenters. The van der Waals surface area contributed by atoms with E-state index < -0.39 is 5.54 Å². The zero-order chi connectivity index (χ0) is 18.0. The molecule has 1 aliphatic carbocycles. The molecular weight excluding hydrogens is 320 g/mol. The smallest absolute Gasteiger partial charge is 0.248 e. The summed E-state index contributed by atoms with van der Waals surface area (Å²) < 4.78 is 10.5. The summed E-state index contributed by atoms with van der Waals surface area (Å²) in [6.07, 6.45) is 2.30. The molecule has 1 aromatic rings. The predicted octanol–water partition coefficient (Wildman–Crippen LogP) is 1.55. The van der Waals surface area contributed by atoms with Gasteiger partial charge in [0.2, 0.25) is 11.8 Å². The van der Waals surface area contributed by atoms with Gasteiger partial charge in [0, 0.05) is 26.6 Å². The van der Waals surface area contributed by atoms with Crippen LogP contribution in [0.5, 0.6) is 5.75 Å². The molecule has 1 aromatic carbocycles. The van der Waals surface area contributed by atoms with Crippen molar-refractivity contribution in [1.29, 1.82) is 0 Å². The summed E-state index contributed by atoms with van der Waals surface area (Å²) in [6, 6.07) is 7.87. The summed E-state index contributed by atoms with van der Waals surface area (Å²) in [5.74, 6) is 0.919. The number of nitrogens with zero attached hydrogens (tertiary/aromatic N) is 1. The van der Waals surface area contributed by atoms with Crippen LogP contribution in [-0.4, -0.2) is 56.7 Å². The minimum atomic E-state index is -0.867. The average Bonchev–Trinajstić information content (AvgIpc) is 3.34. The van der Waals surface area contributed by atoms with Crippen LogP contribution in [0, 0.1) is 5.92 Å². The Balaban J connectivity index is 1.75. The standard InChI is InChI=1S/C19H26N2O4/c1-20-18(23)19(12-24-2)9-4-10-21(19)17(22)16-11-15(16)13-5-7-14(25-3)8-6-13/h5-8,15-16H,4,9-12H2,1-3H3,(H,20,23)/t15-,16+,19?/m0/s1. The lowest BCUT2D eigenvalue weighted by Crippen LogP contribution is -2.59. The van der Waals surface area contributed by atoms with E-state index in [1.807, 2.05) is 24.3 Å². The van der Waals surface area contributed by atoms with E-state index in [0.717, 1.165) is 24.2 Å². The van der Waals surface area contributed by atoms with Gasteiger partial charge in [-0.2, -0.15) is 0 Å². The number of carbonyl (C=O) groups is 2. The van der Waals surface area contributed by atoms with E-state index in [9.17, 15) is 9.59 Å². The van der Waals surface area contributed by atoms with Crippen LogP contribution in [0.1, 0.15) is 30.7 Å². The van der Waals surface area contributed by atoms with E-state index in [-0.39, 0.29) is 30.3 Å². The molecule has 2 aliphatic rings. The van der Waals surface area contributed by atoms with Gasteiger partial charge in [-0.3, -0.25) is 9.59 Å². The van der Waals surface area contributed by atoms with Gasteiger partial charge in [-0.15, -0.1) is 0 Å². The first-order chi connectivity index (χ1) is 12.1. The molecule has 1 heterocycles. The van der Waals surface area contributed by atoms with E-state index in [1.54, 1.807) is 26.2 Å². The van der Waals surface area contributed by atoms with Gasteiger partial charge in [0.25, 0.3) is 0 Å². The maximum atomic E-state index is 13.1. The lowest BCUT2D eigenvalue weighted by atomic mass is 9.95. The van der Waals surface area contributed by atoms with Crippen LogP contribution >= 0.6 is 0 Å². The fraction of sp³-hybridized carbons (Fsp3) is 0.579. The number of likely N-dealkylation sites (N-methyl/N-ethyl adjacent to an activating group) is 1. The van der Waals surface area contributed by atoms with Crippen LogP contribution in [0.4, 0.5) is 0 Å². The Hall–Kier alpha value is -2.08. The van der Waals surface area contributed by atoms with Crippen molar-refractivity contribution in [3.8, 4) is 5.75 Å². The minimum absolute atomic E-state index is 0.0487. The van der Waals surface area contributed by atoms with E-state index in [2.05, 4.69) is 5.32 Å². The van der Waals surface area contributed by atoms with Crippen LogP contribution in [0.2, 0.25) is 0 Å². The van der Waals surface area contributed by atoms with Gasteiger partial charge in [-0.25, -0.2) is 0 Å². The number of amides is 2. The van der Waals surface area contributed by atoms with Crippen molar-refractivity contribution in [2.45, 2.75) is 30.7 Å². The van der Waals surface area contributed by atoms with Crippen molar-refractivity contribution in [3.05, 3.63) is 29.8 Å². The van der Waals surface area contributed by atoms with Crippen molar-refractivity contribution in [1.82, 2.24) is 10.2 Å². The minimum Gasteiger partial charge on any atom is -0.497 e. The third-order valence-electron chi connectivity index (χ3n) is 5.44. The molecule has 136 valence electrons. The molecule has 0 spiro atoms. The Morgan fingerprint density at radius 2 is 2.00 bits per heavy atom. The van der Waals surface area contributed by atoms with Crippen molar-refractivity contribution >= 4 is 11.8 Å². The maximum absolute atomic E-state index is 13.1. The molecule has 1 N–H and O–H groups in total. The molecule has 6 nitrogen and oxygen atoms in total. The summed E-state index contributed by atoms with van der Waals surface area (Å²) in [4.78, 5) is 27.4. The van der Waals surface area contributed by atoms with Crippen LogP contribution in [0.25, 0.3) is 0 Å². The van der Waals surface area contributed by atoms with Gasteiger partial charge in [0.15, 0.2) is 0 Å². The molecule has 0 aromatic heterocycles. The molecule has 3 atom stereocenters. The second kappa shape index (κ2) is 7.04. The lowest BCUT2D eigenvalue weighted by molar-refractivity contribution is -0.149. The maximum Gasteiger partial charge on any atom is 0.248 e. The Morgan fingerprint density at radius 3 is 2.60 bits per heavy atom. The second-order valence-electron chi connectivity index (χ2n) is 6.86. The predicted molar refractivity (Wildman–Crippen MR) is 93.5 cm³/mol. The largest absolute Gasteiger partial charge is 0.497 e. The summed E-state index contributed by atoms with van der Waals surface area (Å²) in [6.45, 7) is 0.847. The highest BCUT2D eigenvalue weighted by atomic mass is 16.5. The molecule has 0 bridgehead atoms. The van der Waals surface area contributed by atoms with Gasteiger partial charge in [-0.05, 0) is 42.9 Å². The zero-order valence-corrected chi connectivity index (χ0v) is 15.1. The summed E-state index contributed by atoms with van der Waals surface area (Å²) in [7, 11) is 4.82. The number of benzene rings is 1. The molecule has 0 radical (unpaired) electrons. The molecule has 1 saturated heterocycles. The van der Waals surface area contributed by atoms with E-state index >= 15 is 0 Å². The Morgan fingerprint density at radius 1 is 1.28 bits per heavy atom. The highest BCUT2D eigenvalue weighted by molar-refractivity contribution is 5.94. The summed E-state index contributed by atoms with van der Waals surface area (Å²) in [5.41, 5.74) is 0.281. The van der Waals surface area contributed by atoms with Gasteiger partial charge < -0.3 is 19.7 Å². The third-order valence-corrected chi connectivity index (χ3v) is 5.44. The van der Waals surface area contributed by atoms with E-state index in [1.165, 1.54) is 0 Å². The van der Waals surface area contributed by atoms with Crippen LogP contribution < -0.4 is 10.1 Å².